The molecule has 0 saturated carbocycles. The van der Waals surface area contributed by atoms with Crippen molar-refractivity contribution in [2.45, 2.75) is 79.4 Å². The van der Waals surface area contributed by atoms with Gasteiger partial charge in [0, 0.05) is 5.56 Å². The van der Waals surface area contributed by atoms with Gasteiger partial charge < -0.3 is 23.4 Å². The minimum atomic E-state index is -0.695. The van der Waals surface area contributed by atoms with Crippen molar-refractivity contribution in [1.29, 1.82) is 0 Å². The van der Waals surface area contributed by atoms with Gasteiger partial charge in [0.2, 0.25) is 0 Å². The molecule has 6 nitrogen and oxygen atoms in total. The molecule has 2 rings (SSSR count). The van der Waals surface area contributed by atoms with Crippen LogP contribution in [-0.4, -0.2) is 56.7 Å². The average Bonchev–Trinajstić information content (AvgIpc) is 2.74. The summed E-state index contributed by atoms with van der Waals surface area (Å²) < 4.78 is 23.0. The molecule has 0 unspecified atom stereocenters. The SMILES string of the molecule is CC(C)(C)CC(C)(C)c1ccc(OCCOCC[N+](C)(C)Cc2ccc(OC(=O)OC(C)(C)C)cc2)cc1. The van der Waals surface area contributed by atoms with Crippen LogP contribution in [0.4, 0.5) is 4.79 Å². The molecule has 0 radical (unpaired) electrons. The Morgan fingerprint density at radius 1 is 0.763 bits per heavy atom. The van der Waals surface area contributed by atoms with Crippen LogP contribution in [0.15, 0.2) is 48.5 Å². The molecule has 0 atom stereocenters. The van der Waals surface area contributed by atoms with E-state index in [0.29, 0.717) is 25.6 Å². The summed E-state index contributed by atoms with van der Waals surface area (Å²) in [6.45, 7) is 20.3. The van der Waals surface area contributed by atoms with Crippen LogP contribution in [0.25, 0.3) is 0 Å². The summed E-state index contributed by atoms with van der Waals surface area (Å²) in [5, 5.41) is 0. The molecule has 0 heterocycles. The van der Waals surface area contributed by atoms with E-state index in [9.17, 15) is 4.79 Å². The fourth-order valence-electron chi connectivity index (χ4n) is 4.67. The maximum atomic E-state index is 11.8. The van der Waals surface area contributed by atoms with Gasteiger partial charge in [-0.15, -0.1) is 0 Å². The number of carbonyl (C=O) groups excluding carboxylic acids is 1. The Kier molecular flexibility index (Phi) is 10.8. The average molecular weight is 529 g/mol. The number of nitrogens with zero attached hydrogens (tertiary/aromatic N) is 1. The van der Waals surface area contributed by atoms with Crippen LogP contribution >= 0.6 is 0 Å². The number of rotatable bonds is 12. The zero-order valence-electron chi connectivity index (χ0n) is 25.3. The minimum absolute atomic E-state index is 0.126. The molecule has 0 aromatic heterocycles. The van der Waals surface area contributed by atoms with Gasteiger partial charge in [-0.25, -0.2) is 4.79 Å². The van der Waals surface area contributed by atoms with Crippen LogP contribution in [0.5, 0.6) is 11.5 Å². The Morgan fingerprint density at radius 2 is 1.34 bits per heavy atom. The van der Waals surface area contributed by atoms with E-state index in [1.165, 1.54) is 5.56 Å². The Morgan fingerprint density at radius 3 is 1.89 bits per heavy atom. The van der Waals surface area contributed by atoms with Crippen LogP contribution in [-0.2, 0) is 21.4 Å². The van der Waals surface area contributed by atoms with E-state index in [4.69, 9.17) is 18.9 Å². The zero-order valence-corrected chi connectivity index (χ0v) is 25.3. The molecule has 0 saturated heterocycles. The first-order valence-electron chi connectivity index (χ1n) is 13.6. The van der Waals surface area contributed by atoms with Crippen LogP contribution in [0.3, 0.4) is 0 Å². The van der Waals surface area contributed by atoms with Gasteiger partial charge in [-0.1, -0.05) is 46.8 Å². The highest BCUT2D eigenvalue weighted by Gasteiger charge is 2.27. The number of carbonyl (C=O) groups is 1. The maximum absolute atomic E-state index is 11.8. The van der Waals surface area contributed by atoms with Crippen molar-refractivity contribution >= 4 is 6.16 Å². The molecule has 0 fully saturated rings. The summed E-state index contributed by atoms with van der Waals surface area (Å²) in [7, 11) is 4.35. The van der Waals surface area contributed by atoms with E-state index >= 15 is 0 Å². The topological polar surface area (TPSA) is 54.0 Å². The van der Waals surface area contributed by atoms with Gasteiger partial charge in [-0.2, -0.15) is 0 Å². The van der Waals surface area contributed by atoms with E-state index < -0.39 is 11.8 Å². The molecule has 0 aliphatic carbocycles. The molecule has 38 heavy (non-hydrogen) atoms. The Bertz CT molecular complexity index is 996. The third-order valence-electron chi connectivity index (χ3n) is 6.07. The van der Waals surface area contributed by atoms with Crippen molar-refractivity contribution in [3.05, 3.63) is 59.7 Å². The second-order valence-corrected chi connectivity index (χ2v) is 13.6. The maximum Gasteiger partial charge on any atom is 0.514 e. The third kappa shape index (κ3) is 12.3. The smallest absolute Gasteiger partial charge is 0.491 e. The first-order valence-corrected chi connectivity index (χ1v) is 13.6. The van der Waals surface area contributed by atoms with Crippen molar-refractivity contribution in [2.75, 3.05) is 40.5 Å². The van der Waals surface area contributed by atoms with Crippen molar-refractivity contribution in [2.24, 2.45) is 5.41 Å². The lowest BCUT2D eigenvalue weighted by Crippen LogP contribution is -2.41. The van der Waals surface area contributed by atoms with Crippen LogP contribution < -0.4 is 9.47 Å². The standard InChI is InChI=1S/C32H50NO5/c1-30(2,3)24-32(7,8)26-13-17-27(18-14-26)36-22-21-35-20-19-33(9,10)23-25-11-15-28(16-12-25)37-29(34)38-31(4,5)6/h11-18H,19-24H2,1-10H3/q+1. The lowest BCUT2D eigenvalue weighted by Gasteiger charge is -2.33. The van der Waals surface area contributed by atoms with E-state index in [0.717, 1.165) is 35.3 Å². The number of likely N-dealkylation sites (N-methyl/N-ethyl adjacent to an activating group) is 1. The molecule has 0 spiro atoms. The summed E-state index contributed by atoms with van der Waals surface area (Å²) in [5.74, 6) is 1.35. The van der Waals surface area contributed by atoms with Gasteiger partial charge in [0.25, 0.3) is 0 Å². The summed E-state index contributed by atoms with van der Waals surface area (Å²) in [5.41, 5.74) is 2.32. The summed E-state index contributed by atoms with van der Waals surface area (Å²) in [4.78, 5) is 11.8. The Hall–Kier alpha value is -2.57. The molecule has 212 valence electrons. The van der Waals surface area contributed by atoms with Crippen molar-refractivity contribution in [3.63, 3.8) is 0 Å². The van der Waals surface area contributed by atoms with Gasteiger partial charge >= 0.3 is 6.16 Å². The monoisotopic (exact) mass is 528 g/mol. The molecule has 0 N–H and O–H groups in total. The quantitative estimate of drug-likeness (QED) is 0.124. The molecular formula is C32H50NO5+. The fourth-order valence-corrected chi connectivity index (χ4v) is 4.67. The van der Waals surface area contributed by atoms with Gasteiger partial charge in [-0.05, 0) is 80.0 Å². The Labute approximate surface area is 230 Å². The first-order chi connectivity index (χ1) is 17.4. The van der Waals surface area contributed by atoms with Crippen molar-refractivity contribution < 1.29 is 28.2 Å². The van der Waals surface area contributed by atoms with Crippen LogP contribution in [0.1, 0.15) is 72.9 Å². The minimum Gasteiger partial charge on any atom is -0.491 e. The molecule has 0 amide bonds. The van der Waals surface area contributed by atoms with Crippen LogP contribution in [0.2, 0.25) is 0 Å². The predicted octanol–water partition coefficient (Wildman–Crippen LogP) is 7.39. The molecule has 0 bridgehead atoms. The lowest BCUT2D eigenvalue weighted by atomic mass is 9.72. The summed E-state index contributed by atoms with van der Waals surface area (Å²) >= 11 is 0. The van der Waals surface area contributed by atoms with E-state index in [1.807, 2.05) is 32.9 Å². The highest BCUT2D eigenvalue weighted by atomic mass is 16.7. The summed E-state index contributed by atoms with van der Waals surface area (Å²) in [6, 6.07) is 16.0. The second kappa shape index (κ2) is 13.0. The number of benzene rings is 2. The number of hydrogen-bond donors (Lipinski definition) is 0. The van der Waals surface area contributed by atoms with Gasteiger partial charge in [0.05, 0.1) is 27.3 Å². The zero-order chi connectivity index (χ0) is 28.6. The molecule has 2 aromatic rings. The summed E-state index contributed by atoms with van der Waals surface area (Å²) in [6.07, 6.45) is 0.427. The third-order valence-corrected chi connectivity index (χ3v) is 6.07. The van der Waals surface area contributed by atoms with E-state index in [1.54, 1.807) is 12.1 Å². The molecule has 6 heteroatoms. The largest absolute Gasteiger partial charge is 0.514 e. The van der Waals surface area contributed by atoms with Crippen molar-refractivity contribution in [3.8, 4) is 11.5 Å². The number of quaternary nitrogens is 1. The lowest BCUT2D eigenvalue weighted by molar-refractivity contribution is -0.904. The number of ether oxygens (including phenoxy) is 4. The van der Waals surface area contributed by atoms with Gasteiger partial charge in [0.1, 0.15) is 36.8 Å². The van der Waals surface area contributed by atoms with Gasteiger partial charge in [-0.3, -0.25) is 0 Å². The first kappa shape index (κ1) is 31.6. The number of hydrogen-bond acceptors (Lipinski definition) is 5. The molecule has 2 aromatic carbocycles. The Balaban J connectivity index is 1.69. The molecular weight excluding hydrogens is 478 g/mol. The highest BCUT2D eigenvalue weighted by molar-refractivity contribution is 5.64. The molecule has 0 aliphatic rings. The van der Waals surface area contributed by atoms with Crippen molar-refractivity contribution in [1.82, 2.24) is 0 Å². The van der Waals surface area contributed by atoms with E-state index in [2.05, 4.69) is 73.0 Å². The predicted molar refractivity (Wildman–Crippen MR) is 154 cm³/mol. The van der Waals surface area contributed by atoms with E-state index in [-0.39, 0.29) is 10.8 Å². The fraction of sp³-hybridized carbons (Fsp3) is 0.594. The van der Waals surface area contributed by atoms with Crippen LogP contribution in [0, 0.1) is 5.41 Å². The second-order valence-electron chi connectivity index (χ2n) is 13.6. The van der Waals surface area contributed by atoms with Gasteiger partial charge in [0.15, 0.2) is 0 Å². The normalized spacial score (nSPS) is 12.8. The highest BCUT2D eigenvalue weighted by Crippen LogP contribution is 2.36. The molecule has 0 aliphatic heterocycles.